The van der Waals surface area contributed by atoms with Crippen LogP contribution in [0.5, 0.6) is 0 Å². The number of halogens is 1. The van der Waals surface area contributed by atoms with Gasteiger partial charge in [-0.15, -0.1) is 0 Å². The van der Waals surface area contributed by atoms with Crippen LogP contribution >= 0.6 is 11.6 Å². The second-order valence-corrected chi connectivity index (χ2v) is 4.25. The smallest absolute Gasteiger partial charge is 0.270 e. The topological polar surface area (TPSA) is 69.2 Å². The van der Waals surface area contributed by atoms with E-state index in [1.54, 1.807) is 24.3 Å². The van der Waals surface area contributed by atoms with E-state index < -0.39 is 4.92 Å². The summed E-state index contributed by atoms with van der Waals surface area (Å²) >= 11 is 5.95. The maximum Gasteiger partial charge on any atom is 0.270 e. The third-order valence-electron chi connectivity index (χ3n) is 2.66. The first-order valence-corrected chi connectivity index (χ1v) is 5.73. The molecule has 4 nitrogen and oxygen atoms in total. The van der Waals surface area contributed by atoms with Gasteiger partial charge in [-0.05, 0) is 28.8 Å². The van der Waals surface area contributed by atoms with Gasteiger partial charge in [-0.3, -0.25) is 10.1 Å². The molecule has 2 rings (SSSR count). The number of nitro groups is 1. The van der Waals surface area contributed by atoms with Crippen LogP contribution in [0.3, 0.4) is 0 Å². The van der Waals surface area contributed by atoms with Crippen LogP contribution in [0.2, 0.25) is 5.02 Å². The summed E-state index contributed by atoms with van der Waals surface area (Å²) in [5.41, 5.74) is 8.18. The maximum atomic E-state index is 10.8. The highest BCUT2D eigenvalue weighted by atomic mass is 35.5. The predicted molar refractivity (Wildman–Crippen MR) is 71.4 cm³/mol. The van der Waals surface area contributed by atoms with Crippen molar-refractivity contribution in [1.82, 2.24) is 0 Å². The van der Waals surface area contributed by atoms with Crippen LogP contribution in [0.15, 0.2) is 42.5 Å². The van der Waals surface area contributed by atoms with Gasteiger partial charge >= 0.3 is 0 Å². The van der Waals surface area contributed by atoms with Crippen LogP contribution in [0, 0.1) is 10.1 Å². The van der Waals surface area contributed by atoms with E-state index in [9.17, 15) is 10.1 Å². The van der Waals surface area contributed by atoms with Crippen molar-refractivity contribution in [1.29, 1.82) is 0 Å². The molecular formula is C13H11ClN2O2. The van der Waals surface area contributed by atoms with Crippen LogP contribution in [0.4, 0.5) is 5.69 Å². The summed E-state index contributed by atoms with van der Waals surface area (Å²) in [6, 6.07) is 11.8. The first kappa shape index (κ1) is 12.5. The lowest BCUT2D eigenvalue weighted by molar-refractivity contribution is -0.384. The zero-order valence-electron chi connectivity index (χ0n) is 9.47. The van der Waals surface area contributed by atoms with Gasteiger partial charge < -0.3 is 5.73 Å². The van der Waals surface area contributed by atoms with Gasteiger partial charge in [-0.1, -0.05) is 29.8 Å². The number of non-ortho nitro benzene ring substituents is 1. The lowest BCUT2D eigenvalue weighted by Crippen LogP contribution is -1.99. The lowest BCUT2D eigenvalue weighted by Gasteiger charge is -2.08. The van der Waals surface area contributed by atoms with E-state index in [2.05, 4.69) is 0 Å². The average molecular weight is 263 g/mol. The van der Waals surface area contributed by atoms with Crippen LogP contribution in [0.1, 0.15) is 5.56 Å². The van der Waals surface area contributed by atoms with Gasteiger partial charge in [0.2, 0.25) is 0 Å². The number of benzene rings is 2. The molecule has 5 heteroatoms. The summed E-state index contributed by atoms with van der Waals surface area (Å²) in [5, 5.41) is 11.3. The molecule has 0 aliphatic carbocycles. The SMILES string of the molecule is NCc1ccc(Cl)cc1-c1cccc([N+](=O)[O-])c1. The summed E-state index contributed by atoms with van der Waals surface area (Å²) in [6.45, 7) is 0.356. The van der Waals surface area contributed by atoms with Gasteiger partial charge in [0.15, 0.2) is 0 Å². The van der Waals surface area contributed by atoms with Crippen molar-refractivity contribution in [2.75, 3.05) is 0 Å². The largest absolute Gasteiger partial charge is 0.326 e. The third-order valence-corrected chi connectivity index (χ3v) is 2.89. The Hall–Kier alpha value is -1.91. The monoisotopic (exact) mass is 262 g/mol. The number of hydrogen-bond acceptors (Lipinski definition) is 3. The van der Waals surface area contributed by atoms with E-state index in [0.717, 1.165) is 16.7 Å². The van der Waals surface area contributed by atoms with Gasteiger partial charge in [0.1, 0.15) is 0 Å². The molecule has 2 aromatic carbocycles. The normalized spacial score (nSPS) is 10.3. The van der Waals surface area contributed by atoms with Crippen LogP contribution in [-0.2, 0) is 6.54 Å². The Morgan fingerprint density at radius 2 is 2.00 bits per heavy atom. The molecule has 0 atom stereocenters. The van der Waals surface area contributed by atoms with E-state index in [4.69, 9.17) is 17.3 Å². The van der Waals surface area contributed by atoms with Gasteiger partial charge in [-0.2, -0.15) is 0 Å². The molecule has 2 aromatic rings. The fraction of sp³-hybridized carbons (Fsp3) is 0.0769. The Labute approximate surface area is 109 Å². The quantitative estimate of drug-likeness (QED) is 0.681. The number of rotatable bonds is 3. The minimum Gasteiger partial charge on any atom is -0.326 e. The average Bonchev–Trinajstić information content (AvgIpc) is 2.39. The summed E-state index contributed by atoms with van der Waals surface area (Å²) in [4.78, 5) is 10.3. The van der Waals surface area contributed by atoms with Crippen molar-refractivity contribution in [2.45, 2.75) is 6.54 Å². The minimum atomic E-state index is -0.420. The summed E-state index contributed by atoms with van der Waals surface area (Å²) in [7, 11) is 0. The van der Waals surface area contributed by atoms with Crippen molar-refractivity contribution in [3.8, 4) is 11.1 Å². The maximum absolute atomic E-state index is 10.8. The first-order chi connectivity index (χ1) is 8.61. The molecule has 0 radical (unpaired) electrons. The molecule has 0 unspecified atom stereocenters. The van der Waals surface area contributed by atoms with Crippen LogP contribution < -0.4 is 5.73 Å². The Bertz CT molecular complexity index is 599. The molecule has 0 heterocycles. The fourth-order valence-electron chi connectivity index (χ4n) is 1.78. The molecule has 0 saturated heterocycles. The van der Waals surface area contributed by atoms with Crippen LogP contribution in [0.25, 0.3) is 11.1 Å². The highest BCUT2D eigenvalue weighted by Gasteiger charge is 2.10. The third kappa shape index (κ3) is 2.50. The van der Waals surface area contributed by atoms with E-state index in [1.807, 2.05) is 6.07 Å². The zero-order chi connectivity index (χ0) is 13.1. The number of nitrogens with zero attached hydrogens (tertiary/aromatic N) is 1. The van der Waals surface area contributed by atoms with Crippen molar-refractivity contribution in [3.63, 3.8) is 0 Å². The molecule has 0 aromatic heterocycles. The fourth-order valence-corrected chi connectivity index (χ4v) is 1.95. The Morgan fingerprint density at radius 1 is 1.22 bits per heavy atom. The highest BCUT2D eigenvalue weighted by molar-refractivity contribution is 6.30. The molecule has 0 aliphatic rings. The molecule has 2 N–H and O–H groups in total. The van der Waals surface area contributed by atoms with Gasteiger partial charge in [0.05, 0.1) is 4.92 Å². The molecule has 0 aliphatic heterocycles. The molecule has 92 valence electrons. The highest BCUT2D eigenvalue weighted by Crippen LogP contribution is 2.29. The van der Waals surface area contributed by atoms with E-state index in [0.29, 0.717) is 11.6 Å². The van der Waals surface area contributed by atoms with E-state index >= 15 is 0 Å². The van der Waals surface area contributed by atoms with Crippen molar-refractivity contribution in [3.05, 3.63) is 63.2 Å². The van der Waals surface area contributed by atoms with Crippen LogP contribution in [-0.4, -0.2) is 4.92 Å². The summed E-state index contributed by atoms with van der Waals surface area (Å²) in [6.07, 6.45) is 0. The number of nitro benzene ring substituents is 1. The van der Waals surface area contributed by atoms with E-state index in [-0.39, 0.29) is 5.69 Å². The van der Waals surface area contributed by atoms with E-state index in [1.165, 1.54) is 12.1 Å². The molecule has 0 saturated carbocycles. The van der Waals surface area contributed by atoms with Gasteiger partial charge in [-0.25, -0.2) is 0 Å². The second-order valence-electron chi connectivity index (χ2n) is 3.81. The molecule has 0 bridgehead atoms. The predicted octanol–water partition coefficient (Wildman–Crippen LogP) is 3.37. The molecule has 18 heavy (non-hydrogen) atoms. The van der Waals surface area contributed by atoms with Crippen molar-refractivity contribution >= 4 is 17.3 Å². The van der Waals surface area contributed by atoms with Crippen molar-refractivity contribution in [2.24, 2.45) is 5.73 Å². The summed E-state index contributed by atoms with van der Waals surface area (Å²) < 4.78 is 0. The molecule has 0 amide bonds. The second kappa shape index (κ2) is 5.16. The zero-order valence-corrected chi connectivity index (χ0v) is 10.2. The lowest BCUT2D eigenvalue weighted by atomic mass is 9.99. The minimum absolute atomic E-state index is 0.0513. The molecule has 0 spiro atoms. The standard InChI is InChI=1S/C13H11ClN2O2/c14-11-5-4-10(8-15)13(7-11)9-2-1-3-12(6-9)16(17)18/h1-7H,8,15H2. The molecular weight excluding hydrogens is 252 g/mol. The number of hydrogen-bond donors (Lipinski definition) is 1. The Balaban J connectivity index is 2.57. The van der Waals surface area contributed by atoms with Gasteiger partial charge in [0, 0.05) is 23.7 Å². The Kier molecular flexibility index (Phi) is 3.60. The number of nitrogens with two attached hydrogens (primary N) is 1. The van der Waals surface area contributed by atoms with Crippen molar-refractivity contribution < 1.29 is 4.92 Å². The summed E-state index contributed by atoms with van der Waals surface area (Å²) in [5.74, 6) is 0. The Morgan fingerprint density at radius 3 is 2.67 bits per heavy atom. The molecule has 0 fully saturated rings. The van der Waals surface area contributed by atoms with Gasteiger partial charge in [0.25, 0.3) is 5.69 Å². The first-order valence-electron chi connectivity index (χ1n) is 5.35.